The molecule has 0 aliphatic heterocycles. The van der Waals surface area contributed by atoms with Crippen LogP contribution in [0.25, 0.3) is 0 Å². The van der Waals surface area contributed by atoms with Crippen molar-refractivity contribution in [1.82, 2.24) is 24.8 Å². The Morgan fingerprint density at radius 2 is 2.14 bits per heavy atom. The minimum absolute atomic E-state index is 0.608. The van der Waals surface area contributed by atoms with Gasteiger partial charge in [-0.2, -0.15) is 20.1 Å². The fourth-order valence-electron chi connectivity index (χ4n) is 1.23. The van der Waals surface area contributed by atoms with Gasteiger partial charge in [0.05, 0.1) is 30.3 Å². The molecule has 74 valence electrons. The SMILES string of the molecule is Cc1c(N)cnn1Cc1cnn(C)n1. The Morgan fingerprint density at radius 3 is 2.64 bits per heavy atom. The Hall–Kier alpha value is -1.85. The summed E-state index contributed by atoms with van der Waals surface area (Å²) in [7, 11) is 1.79. The van der Waals surface area contributed by atoms with E-state index in [4.69, 9.17) is 5.73 Å². The van der Waals surface area contributed by atoms with Crippen molar-refractivity contribution < 1.29 is 0 Å². The van der Waals surface area contributed by atoms with Gasteiger partial charge in [-0.3, -0.25) is 4.68 Å². The van der Waals surface area contributed by atoms with E-state index in [-0.39, 0.29) is 0 Å². The van der Waals surface area contributed by atoms with Gasteiger partial charge in [0.2, 0.25) is 0 Å². The Balaban J connectivity index is 2.22. The van der Waals surface area contributed by atoms with Gasteiger partial charge in [0, 0.05) is 7.05 Å². The molecule has 0 spiro atoms. The fraction of sp³-hybridized carbons (Fsp3) is 0.375. The summed E-state index contributed by atoms with van der Waals surface area (Å²) in [5.74, 6) is 0. The number of rotatable bonds is 2. The average molecular weight is 192 g/mol. The maximum absolute atomic E-state index is 5.67. The molecule has 2 aromatic heterocycles. The van der Waals surface area contributed by atoms with Crippen molar-refractivity contribution in [3.05, 3.63) is 23.8 Å². The molecule has 0 unspecified atom stereocenters. The molecule has 0 amide bonds. The van der Waals surface area contributed by atoms with E-state index in [1.165, 1.54) is 4.80 Å². The molecule has 6 nitrogen and oxygen atoms in total. The normalized spacial score (nSPS) is 10.7. The van der Waals surface area contributed by atoms with Crippen LogP contribution in [0.15, 0.2) is 12.4 Å². The zero-order valence-corrected chi connectivity index (χ0v) is 8.18. The summed E-state index contributed by atoms with van der Waals surface area (Å²) in [6, 6.07) is 0. The summed E-state index contributed by atoms with van der Waals surface area (Å²) in [5, 5.41) is 12.3. The summed E-state index contributed by atoms with van der Waals surface area (Å²) < 4.78 is 1.80. The van der Waals surface area contributed by atoms with Gasteiger partial charge in [0.1, 0.15) is 5.69 Å². The predicted molar refractivity (Wildman–Crippen MR) is 51.5 cm³/mol. The van der Waals surface area contributed by atoms with E-state index in [2.05, 4.69) is 15.3 Å². The molecule has 2 rings (SSSR count). The molecule has 0 saturated heterocycles. The molecule has 2 heterocycles. The number of hydrogen-bond acceptors (Lipinski definition) is 4. The second-order valence-electron chi connectivity index (χ2n) is 3.17. The van der Waals surface area contributed by atoms with E-state index in [1.807, 2.05) is 6.92 Å². The van der Waals surface area contributed by atoms with Crippen LogP contribution in [-0.2, 0) is 13.6 Å². The highest BCUT2D eigenvalue weighted by molar-refractivity contribution is 5.39. The third-order valence-corrected chi connectivity index (χ3v) is 2.10. The van der Waals surface area contributed by atoms with Crippen LogP contribution in [0.3, 0.4) is 0 Å². The van der Waals surface area contributed by atoms with Crippen LogP contribution in [0.2, 0.25) is 0 Å². The van der Waals surface area contributed by atoms with Crippen molar-refractivity contribution in [3.8, 4) is 0 Å². The third kappa shape index (κ3) is 1.46. The van der Waals surface area contributed by atoms with Crippen molar-refractivity contribution in [1.29, 1.82) is 0 Å². The Kier molecular flexibility index (Phi) is 1.95. The largest absolute Gasteiger partial charge is 0.396 e. The lowest BCUT2D eigenvalue weighted by Gasteiger charge is -2.00. The van der Waals surface area contributed by atoms with Crippen LogP contribution in [0.5, 0.6) is 0 Å². The highest BCUT2D eigenvalue weighted by atomic mass is 15.5. The lowest BCUT2D eigenvalue weighted by atomic mass is 10.4. The van der Waals surface area contributed by atoms with Gasteiger partial charge in [-0.1, -0.05) is 0 Å². The van der Waals surface area contributed by atoms with Crippen LogP contribution >= 0.6 is 0 Å². The first-order chi connectivity index (χ1) is 6.66. The van der Waals surface area contributed by atoms with Gasteiger partial charge < -0.3 is 5.73 Å². The minimum Gasteiger partial charge on any atom is -0.396 e. The van der Waals surface area contributed by atoms with Crippen LogP contribution in [0, 0.1) is 6.92 Å². The molecule has 6 heteroatoms. The van der Waals surface area contributed by atoms with Gasteiger partial charge in [-0.05, 0) is 6.92 Å². The first-order valence-electron chi connectivity index (χ1n) is 4.30. The zero-order valence-electron chi connectivity index (χ0n) is 8.18. The molecule has 0 atom stereocenters. The van der Waals surface area contributed by atoms with Gasteiger partial charge in [0.25, 0.3) is 0 Å². The fourth-order valence-corrected chi connectivity index (χ4v) is 1.23. The number of anilines is 1. The average Bonchev–Trinajstić information content (AvgIpc) is 2.67. The summed E-state index contributed by atoms with van der Waals surface area (Å²) in [5.41, 5.74) is 8.21. The molecule has 0 aliphatic rings. The first-order valence-corrected chi connectivity index (χ1v) is 4.30. The van der Waals surface area contributed by atoms with Crippen LogP contribution < -0.4 is 5.73 Å². The van der Waals surface area contributed by atoms with Gasteiger partial charge in [-0.25, -0.2) is 0 Å². The van der Waals surface area contributed by atoms with Crippen LogP contribution in [-0.4, -0.2) is 24.8 Å². The van der Waals surface area contributed by atoms with Gasteiger partial charge in [-0.15, -0.1) is 0 Å². The zero-order chi connectivity index (χ0) is 10.1. The molecule has 14 heavy (non-hydrogen) atoms. The second kappa shape index (κ2) is 3.13. The number of nitrogens with zero attached hydrogens (tertiary/aromatic N) is 5. The van der Waals surface area contributed by atoms with Crippen molar-refractivity contribution in [2.45, 2.75) is 13.5 Å². The highest BCUT2D eigenvalue weighted by Gasteiger charge is 2.05. The first kappa shape index (κ1) is 8.74. The van der Waals surface area contributed by atoms with E-state index in [0.29, 0.717) is 12.2 Å². The lowest BCUT2D eigenvalue weighted by molar-refractivity contribution is 0.613. The molecular formula is C8H12N6. The smallest absolute Gasteiger partial charge is 0.104 e. The molecule has 0 bridgehead atoms. The lowest BCUT2D eigenvalue weighted by Crippen LogP contribution is -2.05. The topological polar surface area (TPSA) is 74.5 Å². The van der Waals surface area contributed by atoms with E-state index in [9.17, 15) is 0 Å². The van der Waals surface area contributed by atoms with E-state index < -0.39 is 0 Å². The van der Waals surface area contributed by atoms with Crippen molar-refractivity contribution >= 4 is 5.69 Å². The molecule has 0 aromatic carbocycles. The molecule has 0 aliphatic carbocycles. The molecule has 0 radical (unpaired) electrons. The van der Waals surface area contributed by atoms with Crippen molar-refractivity contribution in [2.24, 2.45) is 7.05 Å². The molecular weight excluding hydrogens is 180 g/mol. The number of aromatic nitrogens is 5. The van der Waals surface area contributed by atoms with Gasteiger partial charge >= 0.3 is 0 Å². The van der Waals surface area contributed by atoms with E-state index in [0.717, 1.165) is 11.4 Å². The van der Waals surface area contributed by atoms with E-state index in [1.54, 1.807) is 24.1 Å². The molecule has 0 fully saturated rings. The second-order valence-corrected chi connectivity index (χ2v) is 3.17. The molecule has 2 N–H and O–H groups in total. The Labute approximate surface area is 81.3 Å². The maximum atomic E-state index is 5.67. The monoisotopic (exact) mass is 192 g/mol. The van der Waals surface area contributed by atoms with Gasteiger partial charge in [0.15, 0.2) is 0 Å². The summed E-state index contributed by atoms with van der Waals surface area (Å²) in [6.45, 7) is 2.54. The van der Waals surface area contributed by atoms with Crippen molar-refractivity contribution in [3.63, 3.8) is 0 Å². The minimum atomic E-state index is 0.608. The summed E-state index contributed by atoms with van der Waals surface area (Å²) in [6.07, 6.45) is 3.36. The highest BCUT2D eigenvalue weighted by Crippen LogP contribution is 2.09. The number of nitrogen functional groups attached to an aromatic ring is 1. The number of nitrogens with two attached hydrogens (primary N) is 1. The predicted octanol–water partition coefficient (Wildman–Crippen LogP) is -0.0495. The van der Waals surface area contributed by atoms with Crippen LogP contribution in [0.4, 0.5) is 5.69 Å². The number of hydrogen-bond donors (Lipinski definition) is 1. The maximum Gasteiger partial charge on any atom is 0.104 e. The third-order valence-electron chi connectivity index (χ3n) is 2.10. The Bertz CT molecular complexity index is 440. The standard InChI is InChI=1S/C8H12N6/c1-6-8(9)4-11-14(6)5-7-3-10-13(2)12-7/h3-4H,5,9H2,1-2H3. The summed E-state index contributed by atoms with van der Waals surface area (Å²) >= 11 is 0. The molecule has 0 saturated carbocycles. The Morgan fingerprint density at radius 1 is 1.36 bits per heavy atom. The molecule has 2 aromatic rings. The quantitative estimate of drug-likeness (QED) is 0.724. The summed E-state index contributed by atoms with van der Waals surface area (Å²) in [4.78, 5) is 1.53. The van der Waals surface area contributed by atoms with Crippen LogP contribution in [0.1, 0.15) is 11.4 Å². The van der Waals surface area contributed by atoms with Crippen molar-refractivity contribution in [2.75, 3.05) is 5.73 Å². The van der Waals surface area contributed by atoms with E-state index >= 15 is 0 Å². The number of aryl methyl sites for hydroxylation is 1.